The van der Waals surface area contributed by atoms with Gasteiger partial charge in [0.05, 0.1) is 12.2 Å². The minimum atomic E-state index is -4.72. The number of esters is 1. The van der Waals surface area contributed by atoms with Crippen molar-refractivity contribution in [1.29, 1.82) is 0 Å². The van der Waals surface area contributed by atoms with Crippen LogP contribution < -0.4 is 20.1 Å². The number of carbonyl (C=O) groups excluding carboxylic acids is 1. The van der Waals surface area contributed by atoms with Gasteiger partial charge in [0.2, 0.25) is 0 Å². The van der Waals surface area contributed by atoms with Crippen LogP contribution in [0.25, 0.3) is 10.4 Å². The van der Waals surface area contributed by atoms with Crippen molar-refractivity contribution in [1.82, 2.24) is 0 Å². The molecule has 0 atom stereocenters. The van der Waals surface area contributed by atoms with Crippen molar-refractivity contribution in [2.45, 2.75) is 25.4 Å². The number of nitrogens with one attached hydrogen (secondary N) is 2. The highest BCUT2D eigenvalue weighted by Crippen LogP contribution is 2.36. The van der Waals surface area contributed by atoms with Crippen molar-refractivity contribution in [3.05, 3.63) is 60.2 Å². The minimum Gasteiger partial charge on any atom is -0.487 e. The summed E-state index contributed by atoms with van der Waals surface area (Å²) in [6, 6.07) is 13.6. The van der Waals surface area contributed by atoms with Crippen LogP contribution in [0.4, 0.5) is 41.4 Å². The molecule has 0 unspecified atom stereocenters. The number of halogens is 7. The number of alkyl halides is 7. The summed E-state index contributed by atoms with van der Waals surface area (Å²) in [6.07, 6.45) is -8.74. The first kappa shape index (κ1) is 30.9. The van der Waals surface area contributed by atoms with E-state index in [0.29, 0.717) is 4.88 Å². The van der Waals surface area contributed by atoms with E-state index in [0.717, 1.165) is 23.8 Å². The van der Waals surface area contributed by atoms with Crippen LogP contribution in [-0.4, -0.2) is 49.4 Å². The first-order valence-corrected chi connectivity index (χ1v) is 12.6. The molecule has 0 fully saturated rings. The summed E-state index contributed by atoms with van der Waals surface area (Å²) >= 11 is 6.44. The van der Waals surface area contributed by atoms with E-state index in [1.165, 1.54) is 11.3 Å². The molecule has 2 N–H and O–H groups in total. The molecule has 1 aromatic heterocycles. The van der Waals surface area contributed by atoms with Gasteiger partial charge in [0.1, 0.15) is 16.5 Å². The van der Waals surface area contributed by atoms with Crippen LogP contribution in [0.2, 0.25) is 0 Å². The first-order chi connectivity index (χ1) is 18.8. The Morgan fingerprint density at radius 1 is 0.950 bits per heavy atom. The Morgan fingerprint density at radius 3 is 2.15 bits per heavy atom. The lowest BCUT2D eigenvalue weighted by Crippen LogP contribution is -2.33. The van der Waals surface area contributed by atoms with Gasteiger partial charge in [-0.3, -0.25) is 0 Å². The number of ether oxygens (including phenoxy) is 3. The Kier molecular flexibility index (Phi) is 10.2. The summed E-state index contributed by atoms with van der Waals surface area (Å²) in [4.78, 5) is 13.2. The summed E-state index contributed by atoms with van der Waals surface area (Å²) in [5, 5.41) is 5.58. The van der Waals surface area contributed by atoms with E-state index in [2.05, 4.69) is 15.4 Å². The number of anilines is 2. The Balaban J connectivity index is 1.84. The summed E-state index contributed by atoms with van der Waals surface area (Å²) in [5.41, 5.74) is 0.891. The van der Waals surface area contributed by atoms with Crippen molar-refractivity contribution in [2.24, 2.45) is 0 Å². The topological polar surface area (TPSA) is 68.8 Å². The molecular weight excluding hydrogens is 589 g/mol. The van der Waals surface area contributed by atoms with Crippen LogP contribution in [-0.2, 0) is 4.74 Å². The molecule has 3 aromatic rings. The van der Waals surface area contributed by atoms with Gasteiger partial charge in [0.25, 0.3) is 0 Å². The zero-order valence-electron chi connectivity index (χ0n) is 20.5. The second kappa shape index (κ2) is 13.2. The summed E-state index contributed by atoms with van der Waals surface area (Å²) in [7, 11) is 0. The minimum absolute atomic E-state index is 0.0786. The highest BCUT2D eigenvalue weighted by Gasteiger charge is 2.41. The zero-order chi connectivity index (χ0) is 29.5. The molecule has 0 amide bonds. The molecule has 1 heterocycles. The first-order valence-electron chi connectivity index (χ1n) is 11.3. The van der Waals surface area contributed by atoms with Gasteiger partial charge in [-0.2, -0.15) is 22.0 Å². The Hall–Kier alpha value is -3.59. The molecule has 0 saturated heterocycles. The number of benzene rings is 2. The van der Waals surface area contributed by atoms with E-state index in [1.807, 2.05) is 30.3 Å². The molecule has 216 valence electrons. The third kappa shape index (κ3) is 8.98. The monoisotopic (exact) mass is 610 g/mol. The standard InChI is InChI=1S/C25H21F7N2O4S2/c1-2-36-21(35)18-11-19(14-6-4-3-5-7-14)40-20(18)34-23(39)33-15-8-16(37-12-24(28,29)22(26)27)10-17(9-15)38-13-25(30,31)32/h3-11,22H,2,12-13H2,1H3,(H2,33,34,39). The fraction of sp³-hybridized carbons (Fsp3) is 0.280. The van der Waals surface area contributed by atoms with E-state index in [1.54, 1.807) is 13.0 Å². The normalized spacial score (nSPS) is 11.7. The lowest BCUT2D eigenvalue weighted by Gasteiger charge is -2.18. The molecule has 6 nitrogen and oxygen atoms in total. The summed E-state index contributed by atoms with van der Waals surface area (Å²) in [5.74, 6) is -6.09. The van der Waals surface area contributed by atoms with E-state index < -0.39 is 49.2 Å². The predicted octanol–water partition coefficient (Wildman–Crippen LogP) is 7.62. The van der Waals surface area contributed by atoms with Gasteiger partial charge in [0, 0.05) is 28.8 Å². The van der Waals surface area contributed by atoms with Gasteiger partial charge in [-0.15, -0.1) is 11.3 Å². The molecule has 0 spiro atoms. The lowest BCUT2D eigenvalue weighted by atomic mass is 10.1. The molecule has 3 rings (SSSR count). The predicted molar refractivity (Wildman–Crippen MR) is 140 cm³/mol. The van der Waals surface area contributed by atoms with Crippen LogP contribution in [0.1, 0.15) is 17.3 Å². The third-order valence-electron chi connectivity index (χ3n) is 4.80. The number of hydrogen-bond acceptors (Lipinski definition) is 6. The van der Waals surface area contributed by atoms with Crippen LogP contribution in [0.3, 0.4) is 0 Å². The van der Waals surface area contributed by atoms with E-state index >= 15 is 0 Å². The van der Waals surface area contributed by atoms with E-state index in [9.17, 15) is 35.5 Å². The average Bonchev–Trinajstić information content (AvgIpc) is 3.30. The number of thiocarbonyl (C=S) groups is 1. The maximum atomic E-state index is 13.3. The van der Waals surface area contributed by atoms with Crippen LogP contribution in [0.15, 0.2) is 54.6 Å². The van der Waals surface area contributed by atoms with E-state index in [-0.39, 0.29) is 28.0 Å². The fourth-order valence-corrected chi connectivity index (χ4v) is 4.41. The number of hydrogen-bond donors (Lipinski definition) is 2. The van der Waals surface area contributed by atoms with Gasteiger partial charge < -0.3 is 24.8 Å². The van der Waals surface area contributed by atoms with Crippen LogP contribution >= 0.6 is 23.6 Å². The van der Waals surface area contributed by atoms with Gasteiger partial charge >= 0.3 is 24.5 Å². The molecule has 0 saturated carbocycles. The van der Waals surface area contributed by atoms with Crippen LogP contribution in [0.5, 0.6) is 11.5 Å². The largest absolute Gasteiger partial charge is 0.487 e. The molecule has 0 radical (unpaired) electrons. The highest BCUT2D eigenvalue weighted by atomic mass is 32.1. The maximum absolute atomic E-state index is 13.3. The highest BCUT2D eigenvalue weighted by molar-refractivity contribution is 7.80. The molecule has 0 aliphatic heterocycles. The van der Waals surface area contributed by atoms with Crippen LogP contribution in [0, 0.1) is 0 Å². The third-order valence-corrected chi connectivity index (χ3v) is 6.11. The molecular formula is C25H21F7N2O4S2. The second-order valence-corrected chi connectivity index (χ2v) is 9.43. The Bertz CT molecular complexity index is 1320. The lowest BCUT2D eigenvalue weighted by molar-refractivity contribution is -0.153. The van der Waals surface area contributed by atoms with Gasteiger partial charge in [0.15, 0.2) is 18.3 Å². The Morgan fingerprint density at radius 2 is 1.57 bits per heavy atom. The number of thiophene rings is 1. The van der Waals surface area contributed by atoms with E-state index in [4.69, 9.17) is 21.7 Å². The molecule has 0 aliphatic rings. The van der Waals surface area contributed by atoms with Gasteiger partial charge in [-0.1, -0.05) is 30.3 Å². The van der Waals surface area contributed by atoms with Crippen molar-refractivity contribution < 1.29 is 49.7 Å². The molecule has 0 aliphatic carbocycles. The fourth-order valence-electron chi connectivity index (χ4n) is 3.07. The second-order valence-electron chi connectivity index (χ2n) is 7.97. The maximum Gasteiger partial charge on any atom is 0.422 e. The van der Waals surface area contributed by atoms with Gasteiger partial charge in [-0.25, -0.2) is 13.6 Å². The molecule has 40 heavy (non-hydrogen) atoms. The average molecular weight is 611 g/mol. The van der Waals surface area contributed by atoms with Crippen molar-refractivity contribution in [3.8, 4) is 21.9 Å². The molecule has 15 heteroatoms. The smallest absolute Gasteiger partial charge is 0.422 e. The SMILES string of the molecule is CCOC(=O)c1cc(-c2ccccc2)sc1NC(=S)Nc1cc(OCC(F)(F)F)cc(OCC(F)(F)C(F)F)c1. The van der Waals surface area contributed by atoms with Crippen molar-refractivity contribution in [3.63, 3.8) is 0 Å². The molecule has 2 aromatic carbocycles. The molecule has 0 bridgehead atoms. The zero-order valence-corrected chi connectivity index (χ0v) is 22.1. The van der Waals surface area contributed by atoms with Gasteiger partial charge in [-0.05, 0) is 30.8 Å². The summed E-state index contributed by atoms with van der Waals surface area (Å²) in [6.45, 7) is -1.72. The van der Waals surface area contributed by atoms with Crippen molar-refractivity contribution in [2.75, 3.05) is 30.5 Å². The quantitative estimate of drug-likeness (QED) is 0.132. The number of rotatable bonds is 11. The summed E-state index contributed by atoms with van der Waals surface area (Å²) < 4.78 is 104. The van der Waals surface area contributed by atoms with Crippen molar-refractivity contribution >= 4 is 45.3 Å². The number of carbonyl (C=O) groups is 1. The Labute approximate surface area is 233 Å².